The number of rotatable bonds is 5. The SMILES string of the molecule is CONCc1cc(C(C)(F)F)cc(F)c1OC. The number of halogens is 3. The van der Waals surface area contributed by atoms with Crippen molar-refractivity contribution in [2.75, 3.05) is 14.2 Å². The molecular weight excluding hydrogens is 235 g/mol. The highest BCUT2D eigenvalue weighted by Gasteiger charge is 2.27. The van der Waals surface area contributed by atoms with E-state index in [0.717, 1.165) is 6.07 Å². The van der Waals surface area contributed by atoms with Gasteiger partial charge in [0.2, 0.25) is 0 Å². The maximum absolute atomic E-state index is 13.5. The molecule has 0 aliphatic rings. The molecule has 0 aromatic heterocycles. The number of methoxy groups -OCH3 is 1. The summed E-state index contributed by atoms with van der Waals surface area (Å²) in [6.45, 7) is 0.780. The summed E-state index contributed by atoms with van der Waals surface area (Å²) in [4.78, 5) is 4.60. The first-order chi connectivity index (χ1) is 7.90. The second-order valence-electron chi connectivity index (χ2n) is 3.56. The van der Waals surface area contributed by atoms with Crippen LogP contribution in [0.4, 0.5) is 13.2 Å². The summed E-state index contributed by atoms with van der Waals surface area (Å²) < 4.78 is 44.6. The molecule has 0 saturated heterocycles. The largest absolute Gasteiger partial charge is 0.493 e. The van der Waals surface area contributed by atoms with Crippen LogP contribution in [-0.4, -0.2) is 14.2 Å². The lowest BCUT2D eigenvalue weighted by atomic mass is 10.0. The molecule has 0 aliphatic carbocycles. The van der Waals surface area contributed by atoms with Gasteiger partial charge in [-0.1, -0.05) is 0 Å². The molecule has 1 N–H and O–H groups in total. The van der Waals surface area contributed by atoms with E-state index in [-0.39, 0.29) is 17.9 Å². The van der Waals surface area contributed by atoms with Gasteiger partial charge in [-0.05, 0) is 12.1 Å². The smallest absolute Gasteiger partial charge is 0.270 e. The van der Waals surface area contributed by atoms with Crippen molar-refractivity contribution in [3.8, 4) is 5.75 Å². The number of ether oxygens (including phenoxy) is 1. The fourth-order valence-electron chi connectivity index (χ4n) is 1.41. The minimum absolute atomic E-state index is 0.0671. The molecule has 0 bridgehead atoms. The molecule has 17 heavy (non-hydrogen) atoms. The zero-order valence-corrected chi connectivity index (χ0v) is 9.81. The van der Waals surface area contributed by atoms with Crippen molar-refractivity contribution in [1.29, 1.82) is 0 Å². The van der Waals surface area contributed by atoms with Gasteiger partial charge in [0.05, 0.1) is 14.2 Å². The quantitative estimate of drug-likeness (QED) is 0.814. The Morgan fingerprint density at radius 2 is 1.94 bits per heavy atom. The maximum Gasteiger partial charge on any atom is 0.270 e. The Bertz CT molecular complexity index is 391. The number of alkyl halides is 2. The van der Waals surface area contributed by atoms with Gasteiger partial charge >= 0.3 is 0 Å². The molecule has 1 aromatic rings. The molecule has 0 radical (unpaired) electrons. The summed E-state index contributed by atoms with van der Waals surface area (Å²) in [5, 5.41) is 0. The summed E-state index contributed by atoms with van der Waals surface area (Å²) in [5.74, 6) is -3.99. The number of nitrogens with one attached hydrogen (secondary N) is 1. The van der Waals surface area contributed by atoms with Gasteiger partial charge in [-0.25, -0.2) is 13.2 Å². The number of hydrogen-bond acceptors (Lipinski definition) is 3. The lowest BCUT2D eigenvalue weighted by molar-refractivity contribution is 0.0168. The highest BCUT2D eigenvalue weighted by molar-refractivity contribution is 5.40. The first-order valence-electron chi connectivity index (χ1n) is 4.90. The summed E-state index contributed by atoms with van der Waals surface area (Å²) in [6, 6.07) is 1.96. The molecule has 0 heterocycles. The third-order valence-electron chi connectivity index (χ3n) is 2.24. The van der Waals surface area contributed by atoms with Gasteiger partial charge in [0.1, 0.15) is 0 Å². The highest BCUT2D eigenvalue weighted by Crippen LogP contribution is 2.33. The van der Waals surface area contributed by atoms with Gasteiger partial charge in [-0.3, -0.25) is 0 Å². The average Bonchev–Trinajstić information content (AvgIpc) is 2.24. The molecule has 0 aliphatic heterocycles. The van der Waals surface area contributed by atoms with Crippen LogP contribution in [0.5, 0.6) is 5.75 Å². The van der Waals surface area contributed by atoms with E-state index in [1.807, 2.05) is 0 Å². The van der Waals surface area contributed by atoms with E-state index in [9.17, 15) is 13.2 Å². The molecule has 1 aromatic carbocycles. The van der Waals surface area contributed by atoms with E-state index in [2.05, 4.69) is 10.3 Å². The van der Waals surface area contributed by atoms with Crippen LogP contribution in [0.3, 0.4) is 0 Å². The van der Waals surface area contributed by atoms with E-state index in [1.54, 1.807) is 0 Å². The van der Waals surface area contributed by atoms with Crippen LogP contribution in [0.25, 0.3) is 0 Å². The van der Waals surface area contributed by atoms with E-state index in [4.69, 9.17) is 4.74 Å². The van der Waals surface area contributed by atoms with Crippen LogP contribution in [-0.2, 0) is 17.3 Å². The molecule has 96 valence electrons. The zero-order chi connectivity index (χ0) is 13.1. The first-order valence-corrected chi connectivity index (χ1v) is 4.90. The first kappa shape index (κ1) is 13.8. The van der Waals surface area contributed by atoms with Crippen LogP contribution in [0.1, 0.15) is 18.1 Å². The normalized spacial score (nSPS) is 11.6. The number of hydrogen-bond donors (Lipinski definition) is 1. The van der Waals surface area contributed by atoms with E-state index < -0.39 is 17.3 Å². The Morgan fingerprint density at radius 3 is 2.41 bits per heavy atom. The maximum atomic E-state index is 13.5. The van der Waals surface area contributed by atoms with Crippen molar-refractivity contribution in [3.63, 3.8) is 0 Å². The van der Waals surface area contributed by atoms with E-state index in [0.29, 0.717) is 6.92 Å². The second kappa shape index (κ2) is 5.37. The number of benzene rings is 1. The lowest BCUT2D eigenvalue weighted by Crippen LogP contribution is -2.15. The zero-order valence-electron chi connectivity index (χ0n) is 9.81. The molecule has 1 rings (SSSR count). The van der Waals surface area contributed by atoms with Crippen LogP contribution in [0.2, 0.25) is 0 Å². The van der Waals surface area contributed by atoms with Crippen molar-refractivity contribution in [2.24, 2.45) is 0 Å². The molecule has 3 nitrogen and oxygen atoms in total. The van der Waals surface area contributed by atoms with Crippen LogP contribution in [0.15, 0.2) is 12.1 Å². The predicted octanol–water partition coefficient (Wildman–Crippen LogP) is 2.60. The summed E-state index contributed by atoms with van der Waals surface area (Å²) >= 11 is 0. The molecular formula is C11H14F3NO2. The van der Waals surface area contributed by atoms with E-state index in [1.165, 1.54) is 20.3 Å². The summed E-state index contributed by atoms with van der Waals surface area (Å²) in [6.07, 6.45) is 0. The fraction of sp³-hybridized carbons (Fsp3) is 0.455. The molecule has 0 unspecified atom stereocenters. The van der Waals surface area contributed by atoms with Gasteiger partial charge < -0.3 is 9.57 Å². The minimum atomic E-state index is -3.10. The third kappa shape index (κ3) is 3.34. The van der Waals surface area contributed by atoms with Gasteiger partial charge in [-0.15, -0.1) is 0 Å². The Balaban J connectivity index is 3.19. The van der Waals surface area contributed by atoms with Crippen LogP contribution < -0.4 is 10.2 Å². The monoisotopic (exact) mass is 249 g/mol. The molecule has 0 fully saturated rings. The summed E-state index contributed by atoms with van der Waals surface area (Å²) in [5.41, 5.74) is 2.32. The third-order valence-corrected chi connectivity index (χ3v) is 2.24. The molecule has 0 spiro atoms. The highest BCUT2D eigenvalue weighted by atomic mass is 19.3. The number of hydroxylamine groups is 1. The second-order valence-corrected chi connectivity index (χ2v) is 3.56. The van der Waals surface area contributed by atoms with E-state index >= 15 is 0 Å². The van der Waals surface area contributed by atoms with Crippen molar-refractivity contribution in [1.82, 2.24) is 5.48 Å². The van der Waals surface area contributed by atoms with Gasteiger partial charge in [-0.2, -0.15) is 5.48 Å². The molecule has 6 heteroatoms. The standard InChI is InChI=1S/C11H14F3NO2/c1-11(13,14)8-4-7(6-15-17-3)10(16-2)9(12)5-8/h4-5,15H,6H2,1-3H3. The fourth-order valence-corrected chi connectivity index (χ4v) is 1.41. The van der Waals surface area contributed by atoms with Crippen LogP contribution >= 0.6 is 0 Å². The Labute approximate surface area is 97.5 Å². The summed E-state index contributed by atoms with van der Waals surface area (Å²) in [7, 11) is 2.65. The van der Waals surface area contributed by atoms with Crippen LogP contribution in [0, 0.1) is 5.82 Å². The van der Waals surface area contributed by atoms with Crippen molar-refractivity contribution in [3.05, 3.63) is 29.1 Å². The average molecular weight is 249 g/mol. The van der Waals surface area contributed by atoms with Crippen molar-refractivity contribution < 1.29 is 22.7 Å². The van der Waals surface area contributed by atoms with Gasteiger partial charge in [0, 0.05) is 24.6 Å². The molecule has 0 atom stereocenters. The minimum Gasteiger partial charge on any atom is -0.493 e. The molecule has 0 saturated carbocycles. The van der Waals surface area contributed by atoms with Crippen molar-refractivity contribution in [2.45, 2.75) is 19.4 Å². The van der Waals surface area contributed by atoms with Gasteiger partial charge in [0.15, 0.2) is 11.6 Å². The Kier molecular flexibility index (Phi) is 4.36. The lowest BCUT2D eigenvalue weighted by Gasteiger charge is -2.15. The Morgan fingerprint density at radius 1 is 1.29 bits per heavy atom. The Hall–Kier alpha value is -1.27. The van der Waals surface area contributed by atoms with Crippen molar-refractivity contribution >= 4 is 0 Å². The molecule has 0 amide bonds. The predicted molar refractivity (Wildman–Crippen MR) is 56.4 cm³/mol. The topological polar surface area (TPSA) is 30.5 Å². The van der Waals surface area contributed by atoms with Gasteiger partial charge in [0.25, 0.3) is 5.92 Å².